The molecule has 5 heteroatoms. The van der Waals surface area contributed by atoms with Crippen LogP contribution >= 0.6 is 0 Å². The van der Waals surface area contributed by atoms with Crippen molar-refractivity contribution in [3.05, 3.63) is 95.1 Å². The standard InChI is InChI=1S/C28H29NO4/c1-3-16-29(26(27(30)31)17-20-14-12-19(2)13-15-20)28(32)33-18-25-23-10-6-4-8-21(23)22-9-5-7-11-24(22)25/h4-15,25-26H,3,16-18H2,1-2H3,(H,30,31). The van der Waals surface area contributed by atoms with E-state index in [1.165, 1.54) is 4.90 Å². The minimum absolute atomic E-state index is 0.0646. The quantitative estimate of drug-likeness (QED) is 0.488. The van der Waals surface area contributed by atoms with E-state index < -0.39 is 18.1 Å². The zero-order valence-electron chi connectivity index (χ0n) is 19.0. The number of carboxylic acid groups (broad SMARTS) is 1. The molecule has 0 heterocycles. The third-order valence-corrected chi connectivity index (χ3v) is 6.25. The minimum Gasteiger partial charge on any atom is -0.480 e. The van der Waals surface area contributed by atoms with E-state index >= 15 is 0 Å². The molecular weight excluding hydrogens is 414 g/mol. The van der Waals surface area contributed by atoms with Gasteiger partial charge in [0.2, 0.25) is 0 Å². The summed E-state index contributed by atoms with van der Waals surface area (Å²) < 4.78 is 5.77. The molecule has 3 aromatic carbocycles. The van der Waals surface area contributed by atoms with Crippen LogP contribution in [0.4, 0.5) is 4.79 Å². The van der Waals surface area contributed by atoms with Gasteiger partial charge in [-0.05, 0) is 41.2 Å². The first kappa shape index (κ1) is 22.6. The average Bonchev–Trinajstić information content (AvgIpc) is 3.14. The highest BCUT2D eigenvalue weighted by atomic mass is 16.6. The molecule has 0 spiro atoms. The van der Waals surface area contributed by atoms with E-state index in [-0.39, 0.29) is 18.9 Å². The van der Waals surface area contributed by atoms with Crippen LogP contribution in [0.25, 0.3) is 11.1 Å². The van der Waals surface area contributed by atoms with Crippen LogP contribution in [0.15, 0.2) is 72.8 Å². The van der Waals surface area contributed by atoms with Gasteiger partial charge in [-0.1, -0.05) is 85.3 Å². The molecule has 0 aromatic heterocycles. The molecule has 170 valence electrons. The topological polar surface area (TPSA) is 66.8 Å². The van der Waals surface area contributed by atoms with Gasteiger partial charge < -0.3 is 9.84 Å². The van der Waals surface area contributed by atoms with E-state index in [9.17, 15) is 14.7 Å². The summed E-state index contributed by atoms with van der Waals surface area (Å²) in [4.78, 5) is 26.6. The Morgan fingerprint density at radius 3 is 2.06 bits per heavy atom. The van der Waals surface area contributed by atoms with Gasteiger partial charge in [-0.25, -0.2) is 9.59 Å². The summed E-state index contributed by atoms with van der Waals surface area (Å²) in [5.74, 6) is -1.09. The van der Waals surface area contributed by atoms with Gasteiger partial charge in [0.1, 0.15) is 12.6 Å². The van der Waals surface area contributed by atoms with Gasteiger partial charge in [0, 0.05) is 18.9 Å². The SMILES string of the molecule is CCCN(C(=O)OCC1c2ccccc2-c2ccccc21)C(Cc1ccc(C)cc1)C(=O)O. The molecule has 1 N–H and O–H groups in total. The number of hydrogen-bond donors (Lipinski definition) is 1. The van der Waals surface area contributed by atoms with E-state index in [1.807, 2.05) is 62.4 Å². The highest BCUT2D eigenvalue weighted by Crippen LogP contribution is 2.44. The van der Waals surface area contributed by atoms with Crippen LogP contribution in [0.5, 0.6) is 0 Å². The first-order valence-electron chi connectivity index (χ1n) is 11.4. The van der Waals surface area contributed by atoms with Gasteiger partial charge in [-0.3, -0.25) is 4.90 Å². The van der Waals surface area contributed by atoms with Crippen molar-refractivity contribution >= 4 is 12.1 Å². The van der Waals surface area contributed by atoms with E-state index in [0.717, 1.165) is 33.4 Å². The highest BCUT2D eigenvalue weighted by molar-refractivity contribution is 5.81. The lowest BCUT2D eigenvalue weighted by Crippen LogP contribution is -2.47. The van der Waals surface area contributed by atoms with Crippen molar-refractivity contribution in [1.29, 1.82) is 0 Å². The predicted octanol–water partition coefficient (Wildman–Crippen LogP) is 5.65. The molecule has 33 heavy (non-hydrogen) atoms. The number of benzene rings is 3. The van der Waals surface area contributed by atoms with Crippen LogP contribution < -0.4 is 0 Å². The Labute approximate surface area is 194 Å². The molecule has 0 saturated heterocycles. The monoisotopic (exact) mass is 443 g/mol. The van der Waals surface area contributed by atoms with E-state index in [2.05, 4.69) is 24.3 Å². The van der Waals surface area contributed by atoms with Crippen LogP contribution in [0.1, 0.15) is 41.5 Å². The molecule has 0 bridgehead atoms. The van der Waals surface area contributed by atoms with Crippen molar-refractivity contribution in [2.45, 2.75) is 38.6 Å². The fourth-order valence-electron chi connectivity index (χ4n) is 4.57. The normalized spacial score (nSPS) is 13.2. The molecule has 0 aliphatic heterocycles. The molecule has 0 saturated carbocycles. The Hall–Kier alpha value is -3.60. The van der Waals surface area contributed by atoms with Gasteiger partial charge in [-0.2, -0.15) is 0 Å². The van der Waals surface area contributed by atoms with Crippen molar-refractivity contribution in [2.24, 2.45) is 0 Å². The Morgan fingerprint density at radius 1 is 0.939 bits per heavy atom. The fraction of sp³-hybridized carbons (Fsp3) is 0.286. The van der Waals surface area contributed by atoms with Gasteiger partial charge in [0.25, 0.3) is 0 Å². The third-order valence-electron chi connectivity index (χ3n) is 6.25. The number of fused-ring (bicyclic) bond motifs is 3. The lowest BCUT2D eigenvalue weighted by Gasteiger charge is -2.28. The Balaban J connectivity index is 1.52. The number of hydrogen-bond acceptors (Lipinski definition) is 3. The second-order valence-electron chi connectivity index (χ2n) is 8.54. The van der Waals surface area contributed by atoms with E-state index in [4.69, 9.17) is 4.74 Å². The maximum absolute atomic E-state index is 13.1. The molecule has 1 unspecified atom stereocenters. The average molecular weight is 444 g/mol. The molecule has 3 aromatic rings. The molecule has 1 aliphatic carbocycles. The molecule has 0 radical (unpaired) electrons. The van der Waals surface area contributed by atoms with Gasteiger partial charge >= 0.3 is 12.1 Å². The fourth-order valence-corrected chi connectivity index (χ4v) is 4.57. The number of rotatable bonds is 8. The Morgan fingerprint density at radius 2 is 1.52 bits per heavy atom. The Kier molecular flexibility index (Phi) is 6.78. The molecule has 1 atom stereocenters. The smallest absolute Gasteiger partial charge is 0.410 e. The van der Waals surface area contributed by atoms with Crippen LogP contribution in [0.2, 0.25) is 0 Å². The summed E-state index contributed by atoms with van der Waals surface area (Å²) in [7, 11) is 0. The summed E-state index contributed by atoms with van der Waals surface area (Å²) in [6.45, 7) is 4.40. The maximum atomic E-state index is 13.1. The second-order valence-corrected chi connectivity index (χ2v) is 8.54. The summed E-state index contributed by atoms with van der Waals surface area (Å²) in [5.41, 5.74) is 6.55. The van der Waals surface area contributed by atoms with Gasteiger partial charge in [0.05, 0.1) is 0 Å². The minimum atomic E-state index is -1.03. The van der Waals surface area contributed by atoms with E-state index in [1.54, 1.807) is 0 Å². The van der Waals surface area contributed by atoms with Crippen molar-refractivity contribution in [2.75, 3.05) is 13.2 Å². The summed E-state index contributed by atoms with van der Waals surface area (Å²) in [6.07, 6.45) is 0.292. The van der Waals surface area contributed by atoms with Crippen LogP contribution in [0.3, 0.4) is 0 Å². The first-order valence-corrected chi connectivity index (χ1v) is 11.4. The zero-order valence-corrected chi connectivity index (χ0v) is 19.0. The number of carbonyl (C=O) groups excluding carboxylic acids is 1. The van der Waals surface area contributed by atoms with Crippen molar-refractivity contribution < 1.29 is 19.4 Å². The number of aliphatic carboxylic acids is 1. The zero-order chi connectivity index (χ0) is 23.4. The van der Waals surface area contributed by atoms with Crippen molar-refractivity contribution in [3.63, 3.8) is 0 Å². The molecular formula is C28H29NO4. The number of amides is 1. The van der Waals surface area contributed by atoms with Crippen molar-refractivity contribution in [3.8, 4) is 11.1 Å². The number of aryl methyl sites for hydroxylation is 1. The van der Waals surface area contributed by atoms with Crippen molar-refractivity contribution in [1.82, 2.24) is 4.90 Å². The summed E-state index contributed by atoms with van der Waals surface area (Å²) in [5, 5.41) is 9.93. The predicted molar refractivity (Wildman–Crippen MR) is 128 cm³/mol. The molecule has 1 aliphatic rings. The number of carboxylic acids is 1. The first-order chi connectivity index (χ1) is 16.0. The lowest BCUT2D eigenvalue weighted by atomic mass is 9.98. The Bertz CT molecular complexity index is 1090. The number of carbonyl (C=O) groups is 2. The van der Waals surface area contributed by atoms with Crippen LogP contribution in [0, 0.1) is 6.92 Å². The van der Waals surface area contributed by atoms with Gasteiger partial charge in [0.15, 0.2) is 0 Å². The molecule has 4 rings (SSSR count). The van der Waals surface area contributed by atoms with E-state index in [0.29, 0.717) is 13.0 Å². The second kappa shape index (κ2) is 9.90. The third kappa shape index (κ3) is 4.77. The largest absolute Gasteiger partial charge is 0.480 e. The lowest BCUT2D eigenvalue weighted by molar-refractivity contribution is -0.142. The van der Waals surface area contributed by atoms with Crippen LogP contribution in [-0.2, 0) is 16.0 Å². The number of ether oxygens (including phenoxy) is 1. The molecule has 0 fully saturated rings. The van der Waals surface area contributed by atoms with Crippen LogP contribution in [-0.4, -0.2) is 41.3 Å². The number of nitrogens with zero attached hydrogens (tertiary/aromatic N) is 1. The highest BCUT2D eigenvalue weighted by Gasteiger charge is 2.33. The molecule has 1 amide bonds. The summed E-state index contributed by atoms with van der Waals surface area (Å²) in [6, 6.07) is 23.0. The molecule has 5 nitrogen and oxygen atoms in total. The maximum Gasteiger partial charge on any atom is 0.410 e. The summed E-state index contributed by atoms with van der Waals surface area (Å²) >= 11 is 0. The van der Waals surface area contributed by atoms with Gasteiger partial charge in [-0.15, -0.1) is 0 Å².